The highest BCUT2D eigenvalue weighted by molar-refractivity contribution is 9.10. The first-order chi connectivity index (χ1) is 8.97. The molecule has 0 unspecified atom stereocenters. The van der Waals surface area contributed by atoms with Crippen molar-refractivity contribution in [3.63, 3.8) is 0 Å². The minimum atomic E-state index is -0.0189. The van der Waals surface area contributed by atoms with E-state index in [9.17, 15) is 4.79 Å². The van der Waals surface area contributed by atoms with Crippen LogP contribution in [0.2, 0.25) is 0 Å². The van der Waals surface area contributed by atoms with Gasteiger partial charge in [0, 0.05) is 22.2 Å². The Hall–Kier alpha value is -1.42. The molecular weight excluding hydrogens is 304 g/mol. The molecule has 19 heavy (non-hydrogen) atoms. The molecular formula is C15H17BrN2O. The van der Waals surface area contributed by atoms with Crippen LogP contribution in [-0.4, -0.2) is 9.97 Å². The van der Waals surface area contributed by atoms with Gasteiger partial charge in [0.1, 0.15) is 5.82 Å². The summed E-state index contributed by atoms with van der Waals surface area (Å²) < 4.78 is 1.05. The highest BCUT2D eigenvalue weighted by Gasteiger charge is 2.11. The van der Waals surface area contributed by atoms with Crippen molar-refractivity contribution < 1.29 is 0 Å². The van der Waals surface area contributed by atoms with Crippen LogP contribution in [0.1, 0.15) is 42.4 Å². The van der Waals surface area contributed by atoms with Gasteiger partial charge in [-0.2, -0.15) is 0 Å². The van der Waals surface area contributed by atoms with Crippen LogP contribution in [0.15, 0.2) is 33.5 Å². The van der Waals surface area contributed by atoms with Crippen LogP contribution in [0.5, 0.6) is 0 Å². The fourth-order valence-corrected chi connectivity index (χ4v) is 2.48. The van der Waals surface area contributed by atoms with E-state index < -0.39 is 0 Å². The van der Waals surface area contributed by atoms with Crippen molar-refractivity contribution in [1.29, 1.82) is 0 Å². The summed E-state index contributed by atoms with van der Waals surface area (Å²) in [6.07, 6.45) is 0.641. The van der Waals surface area contributed by atoms with E-state index in [0.717, 1.165) is 21.3 Å². The maximum absolute atomic E-state index is 12.0. The zero-order valence-electron chi connectivity index (χ0n) is 11.3. The molecule has 0 saturated heterocycles. The van der Waals surface area contributed by atoms with Crippen molar-refractivity contribution in [3.05, 3.63) is 61.7 Å². The summed E-state index contributed by atoms with van der Waals surface area (Å²) in [6, 6.07) is 8.02. The normalized spacial score (nSPS) is 11.0. The number of rotatable bonds is 3. The Morgan fingerprint density at radius 3 is 2.42 bits per heavy atom. The van der Waals surface area contributed by atoms with Crippen molar-refractivity contribution in [3.8, 4) is 0 Å². The molecule has 0 aliphatic carbocycles. The third kappa shape index (κ3) is 3.32. The minimum Gasteiger partial charge on any atom is -0.310 e. The molecule has 0 fully saturated rings. The second-order valence-electron chi connectivity index (χ2n) is 4.97. The number of halogens is 1. The SMILES string of the molecule is Cc1nc(Cc2ccc(Br)cc2)[nH]c(=O)c1C(C)C. The lowest BCUT2D eigenvalue weighted by Crippen LogP contribution is -2.20. The number of aryl methyl sites for hydroxylation is 1. The smallest absolute Gasteiger partial charge is 0.254 e. The number of hydrogen-bond acceptors (Lipinski definition) is 2. The molecule has 3 nitrogen and oxygen atoms in total. The lowest BCUT2D eigenvalue weighted by atomic mass is 10.0. The van der Waals surface area contributed by atoms with Crippen LogP contribution in [0.3, 0.4) is 0 Å². The maximum atomic E-state index is 12.0. The predicted molar refractivity (Wildman–Crippen MR) is 80.6 cm³/mol. The van der Waals surface area contributed by atoms with Gasteiger partial charge in [0.15, 0.2) is 0 Å². The van der Waals surface area contributed by atoms with Gasteiger partial charge in [-0.15, -0.1) is 0 Å². The number of hydrogen-bond donors (Lipinski definition) is 1. The summed E-state index contributed by atoms with van der Waals surface area (Å²) in [5.74, 6) is 0.909. The average Bonchev–Trinajstić information content (AvgIpc) is 2.30. The number of aromatic amines is 1. The number of nitrogens with one attached hydrogen (secondary N) is 1. The summed E-state index contributed by atoms with van der Waals surface area (Å²) >= 11 is 3.41. The Morgan fingerprint density at radius 1 is 1.26 bits per heavy atom. The monoisotopic (exact) mass is 320 g/mol. The van der Waals surface area contributed by atoms with Crippen LogP contribution in [-0.2, 0) is 6.42 Å². The van der Waals surface area contributed by atoms with Crippen molar-refractivity contribution in [2.24, 2.45) is 0 Å². The molecule has 0 amide bonds. The third-order valence-electron chi connectivity index (χ3n) is 3.06. The van der Waals surface area contributed by atoms with E-state index in [4.69, 9.17) is 0 Å². The quantitative estimate of drug-likeness (QED) is 0.939. The molecule has 1 heterocycles. The van der Waals surface area contributed by atoms with E-state index in [1.807, 2.05) is 45.0 Å². The molecule has 1 aromatic carbocycles. The molecule has 2 rings (SSSR count). The van der Waals surface area contributed by atoms with Gasteiger partial charge in [0.25, 0.3) is 5.56 Å². The first-order valence-electron chi connectivity index (χ1n) is 6.31. The zero-order valence-corrected chi connectivity index (χ0v) is 12.9. The molecule has 0 aliphatic heterocycles. The molecule has 4 heteroatoms. The van der Waals surface area contributed by atoms with Gasteiger partial charge < -0.3 is 4.98 Å². The Bertz CT molecular complexity index is 630. The van der Waals surface area contributed by atoms with Gasteiger partial charge in [-0.25, -0.2) is 4.98 Å². The van der Waals surface area contributed by atoms with Crippen LogP contribution in [0, 0.1) is 6.92 Å². The molecule has 0 saturated carbocycles. The van der Waals surface area contributed by atoms with Crippen molar-refractivity contribution >= 4 is 15.9 Å². The van der Waals surface area contributed by atoms with Crippen molar-refractivity contribution in [2.75, 3.05) is 0 Å². The lowest BCUT2D eigenvalue weighted by molar-refractivity contribution is 0.791. The van der Waals surface area contributed by atoms with Gasteiger partial charge >= 0.3 is 0 Å². The van der Waals surface area contributed by atoms with Gasteiger partial charge in [0.05, 0.1) is 0 Å². The largest absolute Gasteiger partial charge is 0.310 e. The van der Waals surface area contributed by atoms with Gasteiger partial charge in [-0.3, -0.25) is 4.79 Å². The van der Waals surface area contributed by atoms with Crippen LogP contribution >= 0.6 is 15.9 Å². The average molecular weight is 321 g/mol. The Labute approximate surface area is 121 Å². The first-order valence-corrected chi connectivity index (χ1v) is 7.11. The summed E-state index contributed by atoms with van der Waals surface area (Å²) in [6.45, 7) is 5.91. The molecule has 1 N–H and O–H groups in total. The van der Waals surface area contributed by atoms with Gasteiger partial charge in [-0.1, -0.05) is 41.9 Å². The highest BCUT2D eigenvalue weighted by Crippen LogP contribution is 2.15. The predicted octanol–water partition coefficient (Wildman–Crippen LogP) is 3.56. The molecule has 1 aromatic heterocycles. The summed E-state index contributed by atoms with van der Waals surface area (Å²) in [4.78, 5) is 19.4. The van der Waals surface area contributed by atoms with E-state index in [2.05, 4.69) is 25.9 Å². The lowest BCUT2D eigenvalue weighted by Gasteiger charge is -2.09. The highest BCUT2D eigenvalue weighted by atomic mass is 79.9. The number of nitrogens with zero attached hydrogens (tertiary/aromatic N) is 1. The van der Waals surface area contributed by atoms with Crippen LogP contribution in [0.4, 0.5) is 0 Å². The second-order valence-corrected chi connectivity index (χ2v) is 5.89. The summed E-state index contributed by atoms with van der Waals surface area (Å²) in [5.41, 5.74) is 2.71. The summed E-state index contributed by atoms with van der Waals surface area (Å²) in [7, 11) is 0. The zero-order chi connectivity index (χ0) is 14.0. The fraction of sp³-hybridized carbons (Fsp3) is 0.333. The standard InChI is InChI=1S/C15H17BrN2O/c1-9(2)14-10(3)17-13(18-15(14)19)8-11-4-6-12(16)7-5-11/h4-7,9H,8H2,1-3H3,(H,17,18,19). The molecule has 0 atom stereocenters. The molecule has 0 aliphatic rings. The van der Waals surface area contributed by atoms with Crippen molar-refractivity contribution in [2.45, 2.75) is 33.1 Å². The molecule has 0 bridgehead atoms. The Morgan fingerprint density at radius 2 is 1.89 bits per heavy atom. The maximum Gasteiger partial charge on any atom is 0.254 e. The van der Waals surface area contributed by atoms with E-state index in [0.29, 0.717) is 12.2 Å². The molecule has 0 radical (unpaired) electrons. The third-order valence-corrected chi connectivity index (χ3v) is 3.59. The van der Waals surface area contributed by atoms with E-state index in [1.165, 1.54) is 0 Å². The molecule has 0 spiro atoms. The Balaban J connectivity index is 2.32. The Kier molecular flexibility index (Phi) is 4.20. The van der Waals surface area contributed by atoms with Crippen LogP contribution < -0.4 is 5.56 Å². The van der Waals surface area contributed by atoms with E-state index in [-0.39, 0.29) is 11.5 Å². The number of aromatic nitrogens is 2. The minimum absolute atomic E-state index is 0.0189. The van der Waals surface area contributed by atoms with E-state index >= 15 is 0 Å². The van der Waals surface area contributed by atoms with E-state index in [1.54, 1.807) is 0 Å². The first kappa shape index (κ1) is 14.0. The second kappa shape index (κ2) is 5.70. The topological polar surface area (TPSA) is 45.8 Å². The van der Waals surface area contributed by atoms with Crippen molar-refractivity contribution in [1.82, 2.24) is 9.97 Å². The number of benzene rings is 1. The van der Waals surface area contributed by atoms with Gasteiger partial charge in [0.2, 0.25) is 0 Å². The number of H-pyrrole nitrogens is 1. The van der Waals surface area contributed by atoms with Gasteiger partial charge in [-0.05, 0) is 30.5 Å². The molecule has 100 valence electrons. The van der Waals surface area contributed by atoms with Crippen LogP contribution in [0.25, 0.3) is 0 Å². The molecule has 2 aromatic rings. The summed E-state index contributed by atoms with van der Waals surface area (Å²) in [5, 5.41) is 0. The fourth-order valence-electron chi connectivity index (χ4n) is 2.21.